The van der Waals surface area contributed by atoms with Crippen molar-refractivity contribution in [3.8, 4) is 6.07 Å². The van der Waals surface area contributed by atoms with Crippen molar-refractivity contribution in [2.75, 3.05) is 10.6 Å². The van der Waals surface area contributed by atoms with Gasteiger partial charge in [0.15, 0.2) is 0 Å². The first-order chi connectivity index (χ1) is 10.4. The van der Waals surface area contributed by atoms with Gasteiger partial charge in [-0.25, -0.2) is 4.39 Å². The molecule has 5 nitrogen and oxygen atoms in total. The van der Waals surface area contributed by atoms with Gasteiger partial charge in [-0.1, -0.05) is 20.4 Å². The number of hydrogen-bond donors (Lipinski definition) is 2. The van der Waals surface area contributed by atoms with Crippen LogP contribution in [0.1, 0.15) is 26.7 Å². The standard InChI is InChI=1S/C16H18FN3O2/c1-4-14(21)20-13-9-11(7-8-12(13)17)19-15(22)16(5-2,6-3)10-18/h4,7-9H,1,5-6H2,2-3H3,(H,19,22)(H,20,21). The van der Waals surface area contributed by atoms with Crippen LogP contribution >= 0.6 is 0 Å². The van der Waals surface area contributed by atoms with Gasteiger partial charge in [0.05, 0.1) is 11.8 Å². The highest BCUT2D eigenvalue weighted by Crippen LogP contribution is 2.28. The van der Waals surface area contributed by atoms with Crippen LogP contribution in [-0.4, -0.2) is 11.8 Å². The third-order valence-corrected chi connectivity index (χ3v) is 3.52. The summed E-state index contributed by atoms with van der Waals surface area (Å²) in [7, 11) is 0. The van der Waals surface area contributed by atoms with Gasteiger partial charge in [0.25, 0.3) is 0 Å². The molecular weight excluding hydrogens is 285 g/mol. The monoisotopic (exact) mass is 303 g/mol. The van der Waals surface area contributed by atoms with Crippen molar-refractivity contribution in [3.05, 3.63) is 36.7 Å². The van der Waals surface area contributed by atoms with Crippen molar-refractivity contribution in [2.24, 2.45) is 5.41 Å². The van der Waals surface area contributed by atoms with E-state index in [0.29, 0.717) is 18.5 Å². The van der Waals surface area contributed by atoms with E-state index < -0.39 is 23.0 Å². The SMILES string of the molecule is C=CC(=O)Nc1cc(NC(=O)C(C#N)(CC)CC)ccc1F. The molecule has 0 aliphatic rings. The average Bonchev–Trinajstić information content (AvgIpc) is 2.52. The molecule has 0 unspecified atom stereocenters. The first-order valence-electron chi connectivity index (χ1n) is 6.88. The molecule has 22 heavy (non-hydrogen) atoms. The van der Waals surface area contributed by atoms with Gasteiger partial charge in [-0.15, -0.1) is 0 Å². The molecule has 116 valence electrons. The Labute approximate surface area is 128 Å². The molecule has 6 heteroatoms. The van der Waals surface area contributed by atoms with Crippen LogP contribution in [0.25, 0.3) is 0 Å². The molecule has 0 bridgehead atoms. The molecular formula is C16H18FN3O2. The van der Waals surface area contributed by atoms with Crippen molar-refractivity contribution in [2.45, 2.75) is 26.7 Å². The van der Waals surface area contributed by atoms with Gasteiger partial charge < -0.3 is 10.6 Å². The van der Waals surface area contributed by atoms with Crippen molar-refractivity contribution < 1.29 is 14.0 Å². The Kier molecular flexibility index (Phi) is 5.81. The second-order valence-electron chi connectivity index (χ2n) is 4.74. The summed E-state index contributed by atoms with van der Waals surface area (Å²) in [6.07, 6.45) is 1.75. The molecule has 2 N–H and O–H groups in total. The number of carbonyl (C=O) groups excluding carboxylic acids is 2. The van der Waals surface area contributed by atoms with Crippen LogP contribution < -0.4 is 10.6 Å². The maximum absolute atomic E-state index is 13.6. The molecule has 0 heterocycles. The molecule has 0 saturated carbocycles. The Morgan fingerprint density at radius 1 is 1.36 bits per heavy atom. The lowest BCUT2D eigenvalue weighted by molar-refractivity contribution is -0.123. The number of rotatable bonds is 6. The fourth-order valence-electron chi connectivity index (χ4n) is 1.91. The van der Waals surface area contributed by atoms with Crippen LogP contribution in [0.15, 0.2) is 30.9 Å². The zero-order valence-electron chi connectivity index (χ0n) is 12.6. The molecule has 1 aromatic carbocycles. The van der Waals surface area contributed by atoms with Gasteiger partial charge in [0.1, 0.15) is 11.2 Å². The number of nitrogens with zero attached hydrogens (tertiary/aromatic N) is 1. The zero-order valence-corrected chi connectivity index (χ0v) is 12.6. The Morgan fingerprint density at radius 3 is 2.50 bits per heavy atom. The predicted octanol–water partition coefficient (Wildman–Crippen LogP) is 3.22. The van der Waals surface area contributed by atoms with Gasteiger partial charge in [0.2, 0.25) is 11.8 Å². The number of hydrogen-bond acceptors (Lipinski definition) is 3. The highest BCUT2D eigenvalue weighted by Gasteiger charge is 2.35. The number of nitriles is 1. The Bertz CT molecular complexity index is 631. The Hall–Kier alpha value is -2.68. The van der Waals surface area contributed by atoms with Gasteiger partial charge in [0, 0.05) is 5.69 Å². The van der Waals surface area contributed by atoms with Gasteiger partial charge in [-0.2, -0.15) is 5.26 Å². The molecule has 0 spiro atoms. The molecule has 1 rings (SSSR count). The number of nitrogens with one attached hydrogen (secondary N) is 2. The van der Waals surface area contributed by atoms with Crippen molar-refractivity contribution in [1.29, 1.82) is 5.26 Å². The van der Waals surface area contributed by atoms with E-state index in [-0.39, 0.29) is 5.69 Å². The van der Waals surface area contributed by atoms with Gasteiger partial charge in [-0.3, -0.25) is 9.59 Å². The smallest absolute Gasteiger partial charge is 0.247 e. The largest absolute Gasteiger partial charge is 0.325 e. The minimum Gasteiger partial charge on any atom is -0.325 e. The van der Waals surface area contributed by atoms with E-state index in [9.17, 15) is 19.2 Å². The van der Waals surface area contributed by atoms with Crippen LogP contribution in [0.5, 0.6) is 0 Å². The molecule has 0 saturated heterocycles. The maximum Gasteiger partial charge on any atom is 0.247 e. The second kappa shape index (κ2) is 7.36. The molecule has 0 radical (unpaired) electrons. The van der Waals surface area contributed by atoms with Crippen LogP contribution in [0.3, 0.4) is 0 Å². The first kappa shape index (κ1) is 17.4. The summed E-state index contributed by atoms with van der Waals surface area (Å²) < 4.78 is 13.6. The summed E-state index contributed by atoms with van der Waals surface area (Å²) in [5.41, 5.74) is -0.899. The van der Waals surface area contributed by atoms with Crippen molar-refractivity contribution >= 4 is 23.2 Å². The highest BCUT2D eigenvalue weighted by molar-refractivity contribution is 6.00. The van der Waals surface area contributed by atoms with Crippen LogP contribution in [0, 0.1) is 22.6 Å². The van der Waals surface area contributed by atoms with E-state index >= 15 is 0 Å². The van der Waals surface area contributed by atoms with E-state index in [1.165, 1.54) is 12.1 Å². The topological polar surface area (TPSA) is 82.0 Å². The van der Waals surface area contributed by atoms with Crippen LogP contribution in [0.2, 0.25) is 0 Å². The quantitative estimate of drug-likeness (QED) is 0.792. The van der Waals surface area contributed by atoms with Crippen LogP contribution in [-0.2, 0) is 9.59 Å². The fraction of sp³-hybridized carbons (Fsp3) is 0.312. The molecule has 2 amide bonds. The van der Waals surface area contributed by atoms with E-state index in [4.69, 9.17) is 0 Å². The summed E-state index contributed by atoms with van der Waals surface area (Å²) >= 11 is 0. The van der Waals surface area contributed by atoms with E-state index in [2.05, 4.69) is 17.2 Å². The van der Waals surface area contributed by atoms with E-state index in [1.807, 2.05) is 6.07 Å². The first-order valence-corrected chi connectivity index (χ1v) is 6.88. The molecule has 0 atom stereocenters. The number of carbonyl (C=O) groups is 2. The summed E-state index contributed by atoms with van der Waals surface area (Å²) in [5, 5.41) is 14.1. The molecule has 0 aliphatic carbocycles. The predicted molar refractivity (Wildman–Crippen MR) is 82.5 cm³/mol. The second-order valence-corrected chi connectivity index (χ2v) is 4.74. The number of benzene rings is 1. The number of halogens is 1. The average molecular weight is 303 g/mol. The number of amides is 2. The fourth-order valence-corrected chi connectivity index (χ4v) is 1.91. The maximum atomic E-state index is 13.6. The molecule has 1 aromatic rings. The van der Waals surface area contributed by atoms with E-state index in [1.54, 1.807) is 13.8 Å². The lowest BCUT2D eigenvalue weighted by atomic mass is 9.83. The molecule has 0 fully saturated rings. The van der Waals surface area contributed by atoms with Crippen molar-refractivity contribution in [1.82, 2.24) is 0 Å². The highest BCUT2D eigenvalue weighted by atomic mass is 19.1. The Morgan fingerprint density at radius 2 is 2.00 bits per heavy atom. The zero-order chi connectivity index (χ0) is 16.8. The summed E-state index contributed by atoms with van der Waals surface area (Å²) in [5.74, 6) is -1.64. The lowest BCUT2D eigenvalue weighted by Gasteiger charge is -2.22. The summed E-state index contributed by atoms with van der Waals surface area (Å²) in [4.78, 5) is 23.5. The number of anilines is 2. The summed E-state index contributed by atoms with van der Waals surface area (Å²) in [6, 6.07) is 5.82. The minimum atomic E-state index is -1.13. The minimum absolute atomic E-state index is 0.0711. The van der Waals surface area contributed by atoms with Gasteiger partial charge in [-0.05, 0) is 37.1 Å². The van der Waals surface area contributed by atoms with E-state index in [0.717, 1.165) is 12.1 Å². The third kappa shape index (κ3) is 3.70. The molecule has 0 aromatic heterocycles. The lowest BCUT2D eigenvalue weighted by Crippen LogP contribution is -2.34. The Balaban J connectivity index is 3.02. The van der Waals surface area contributed by atoms with Crippen molar-refractivity contribution in [3.63, 3.8) is 0 Å². The normalized spacial score (nSPS) is 10.5. The third-order valence-electron chi connectivity index (χ3n) is 3.52. The van der Waals surface area contributed by atoms with Gasteiger partial charge >= 0.3 is 0 Å². The summed E-state index contributed by atoms with van der Waals surface area (Å²) in [6.45, 7) is 6.80. The van der Waals surface area contributed by atoms with Crippen LogP contribution in [0.4, 0.5) is 15.8 Å². The molecule has 0 aliphatic heterocycles.